The third-order valence-electron chi connectivity index (χ3n) is 7.17. The molecule has 0 bridgehead atoms. The van der Waals surface area contributed by atoms with Gasteiger partial charge in [0.2, 0.25) is 5.91 Å². The molecule has 194 valence electrons. The van der Waals surface area contributed by atoms with Gasteiger partial charge >= 0.3 is 6.03 Å². The van der Waals surface area contributed by atoms with Crippen LogP contribution in [0.25, 0.3) is 11.1 Å². The number of hydrogen-bond acceptors (Lipinski definition) is 5. The second kappa shape index (κ2) is 10.3. The van der Waals surface area contributed by atoms with Crippen LogP contribution in [0.1, 0.15) is 58.3 Å². The Balaban J connectivity index is 1.38. The second-order valence-corrected chi connectivity index (χ2v) is 10.7. The first-order valence-electron chi connectivity index (χ1n) is 12.8. The molecule has 9 heteroatoms. The second-order valence-electron chi connectivity index (χ2n) is 9.60. The molecule has 0 unspecified atom stereocenters. The maximum absolute atomic E-state index is 13.1. The smallest absolute Gasteiger partial charge is 0.324 e. The van der Waals surface area contributed by atoms with Gasteiger partial charge in [-0.3, -0.25) is 9.59 Å². The first-order valence-corrected chi connectivity index (χ1v) is 13.6. The van der Waals surface area contributed by atoms with Crippen LogP contribution in [0.2, 0.25) is 0 Å². The molecule has 2 aromatic heterocycles. The molecule has 0 spiro atoms. The van der Waals surface area contributed by atoms with Gasteiger partial charge in [0.05, 0.1) is 5.56 Å². The summed E-state index contributed by atoms with van der Waals surface area (Å²) >= 11 is 1.67. The predicted molar refractivity (Wildman–Crippen MR) is 147 cm³/mol. The van der Waals surface area contributed by atoms with Crippen LogP contribution < -0.4 is 10.6 Å². The number of anilines is 1. The monoisotopic (exact) mass is 527 g/mol. The lowest BCUT2D eigenvalue weighted by Crippen LogP contribution is -2.38. The van der Waals surface area contributed by atoms with Gasteiger partial charge in [0.15, 0.2) is 0 Å². The van der Waals surface area contributed by atoms with E-state index in [0.29, 0.717) is 5.69 Å². The number of nitrogens with one attached hydrogen (secondary N) is 2. The summed E-state index contributed by atoms with van der Waals surface area (Å²) in [4.78, 5) is 40.5. The molecule has 1 aliphatic heterocycles. The molecule has 3 aromatic rings. The maximum Gasteiger partial charge on any atom is 0.329 e. The van der Waals surface area contributed by atoms with E-state index in [2.05, 4.69) is 21.3 Å². The molecule has 0 radical (unpaired) electrons. The van der Waals surface area contributed by atoms with Crippen molar-refractivity contribution < 1.29 is 14.4 Å². The third kappa shape index (κ3) is 4.52. The van der Waals surface area contributed by atoms with Crippen molar-refractivity contribution in [3.05, 3.63) is 74.5 Å². The van der Waals surface area contributed by atoms with Gasteiger partial charge in [0, 0.05) is 22.0 Å². The molecule has 0 saturated carbocycles. The third-order valence-corrected chi connectivity index (χ3v) is 8.45. The quantitative estimate of drug-likeness (QED) is 0.347. The number of carbonyl (C=O) groups is 3. The van der Waals surface area contributed by atoms with E-state index in [9.17, 15) is 19.6 Å². The average molecular weight is 528 g/mol. The summed E-state index contributed by atoms with van der Waals surface area (Å²) in [5.41, 5.74) is 6.24. The number of aromatic nitrogens is 1. The van der Waals surface area contributed by atoms with Gasteiger partial charge < -0.3 is 15.2 Å². The zero-order chi connectivity index (χ0) is 27.0. The minimum absolute atomic E-state index is 0.114. The standard InChI is InChI=1S/C29H29N5O3S/c1-4-19-9-5-7-11-23(19)31-26(35)16-33-27(36)24(32-29(33)37)14-20-13-17(2)34(18(20)3)28-22(15-30)21-10-6-8-12-25(21)38-28/h5,7,9,11,13-14H,4,6,8,10,12,16H2,1-3H3,(H,31,35)(H,32,37)/b24-14+. The number of carbonyl (C=O) groups excluding carboxylic acids is 3. The average Bonchev–Trinajstić information content (AvgIpc) is 3.50. The lowest BCUT2D eigenvalue weighted by molar-refractivity contribution is -0.127. The highest BCUT2D eigenvalue weighted by Crippen LogP contribution is 2.38. The number of nitriles is 1. The SMILES string of the molecule is CCc1ccccc1NC(=O)CN1C(=O)N/C(=C/c2cc(C)n(-c3sc4c(c3C#N)CCCC4)c2C)C1=O. The summed E-state index contributed by atoms with van der Waals surface area (Å²) < 4.78 is 2.06. The van der Waals surface area contributed by atoms with Crippen LogP contribution in [0, 0.1) is 25.2 Å². The van der Waals surface area contributed by atoms with E-state index in [4.69, 9.17) is 0 Å². The minimum atomic E-state index is -0.633. The molecule has 1 fully saturated rings. The number of urea groups is 1. The van der Waals surface area contributed by atoms with Crippen LogP contribution >= 0.6 is 11.3 Å². The zero-order valence-electron chi connectivity index (χ0n) is 21.7. The zero-order valence-corrected chi connectivity index (χ0v) is 22.5. The molecule has 5 rings (SSSR count). The number of hydrogen-bond donors (Lipinski definition) is 2. The van der Waals surface area contributed by atoms with E-state index < -0.39 is 17.8 Å². The summed E-state index contributed by atoms with van der Waals surface area (Å²) in [6.07, 6.45) is 6.55. The first-order chi connectivity index (χ1) is 18.3. The van der Waals surface area contributed by atoms with Crippen molar-refractivity contribution >= 4 is 40.9 Å². The summed E-state index contributed by atoms with van der Waals surface area (Å²) in [6, 6.07) is 11.2. The molecule has 3 heterocycles. The largest absolute Gasteiger partial charge is 0.329 e. The molecule has 38 heavy (non-hydrogen) atoms. The fraction of sp³-hybridized carbons (Fsp3) is 0.310. The van der Waals surface area contributed by atoms with Gasteiger partial charge in [-0.15, -0.1) is 11.3 Å². The fourth-order valence-corrected chi connectivity index (χ4v) is 6.68. The highest BCUT2D eigenvalue weighted by molar-refractivity contribution is 7.15. The van der Waals surface area contributed by atoms with Crippen LogP contribution in [0.3, 0.4) is 0 Å². The van der Waals surface area contributed by atoms with Crippen LogP contribution in [0.4, 0.5) is 10.5 Å². The summed E-state index contributed by atoms with van der Waals surface area (Å²) in [6.45, 7) is 5.52. The Bertz CT molecular complexity index is 1540. The van der Waals surface area contributed by atoms with Gasteiger partial charge in [0.25, 0.3) is 5.91 Å². The Hall–Kier alpha value is -4.16. The topological polar surface area (TPSA) is 107 Å². The fourth-order valence-electron chi connectivity index (χ4n) is 5.23. The van der Waals surface area contributed by atoms with Crippen LogP contribution in [-0.2, 0) is 28.9 Å². The normalized spacial score (nSPS) is 15.9. The summed E-state index contributed by atoms with van der Waals surface area (Å²) in [5.74, 6) is -0.998. The van der Waals surface area contributed by atoms with Crippen molar-refractivity contribution in [3.8, 4) is 11.1 Å². The molecule has 1 aromatic carbocycles. The highest BCUT2D eigenvalue weighted by Gasteiger charge is 2.35. The van der Waals surface area contributed by atoms with E-state index in [0.717, 1.165) is 70.1 Å². The van der Waals surface area contributed by atoms with Crippen molar-refractivity contribution in [2.24, 2.45) is 0 Å². The van der Waals surface area contributed by atoms with Crippen LogP contribution in [0.5, 0.6) is 0 Å². The Kier molecular flexibility index (Phi) is 6.91. The molecule has 8 nitrogen and oxygen atoms in total. The van der Waals surface area contributed by atoms with Gasteiger partial charge in [-0.05, 0) is 80.9 Å². The molecular weight excluding hydrogens is 498 g/mol. The Morgan fingerprint density at radius 3 is 2.74 bits per heavy atom. The van der Waals surface area contributed by atoms with Gasteiger partial charge in [0.1, 0.15) is 23.3 Å². The van der Waals surface area contributed by atoms with E-state index in [1.807, 2.05) is 45.0 Å². The van der Waals surface area contributed by atoms with Crippen molar-refractivity contribution in [1.82, 2.24) is 14.8 Å². The molecule has 1 saturated heterocycles. The van der Waals surface area contributed by atoms with E-state index in [1.54, 1.807) is 23.5 Å². The number of rotatable bonds is 6. The first kappa shape index (κ1) is 25.5. The maximum atomic E-state index is 13.1. The molecule has 2 aliphatic rings. The number of benzene rings is 1. The van der Waals surface area contributed by atoms with Crippen molar-refractivity contribution in [2.75, 3.05) is 11.9 Å². The number of thiophene rings is 1. The number of nitrogens with zero attached hydrogens (tertiary/aromatic N) is 3. The van der Waals surface area contributed by atoms with Crippen LogP contribution in [0.15, 0.2) is 36.0 Å². The minimum Gasteiger partial charge on any atom is -0.324 e. The lowest BCUT2D eigenvalue weighted by atomic mass is 9.96. The molecule has 0 atom stereocenters. The number of amides is 4. The van der Waals surface area contributed by atoms with E-state index in [-0.39, 0.29) is 12.2 Å². The molecule has 4 amide bonds. The van der Waals surface area contributed by atoms with Gasteiger partial charge in [-0.25, -0.2) is 9.69 Å². The Morgan fingerprint density at radius 2 is 1.97 bits per heavy atom. The number of imide groups is 1. The Morgan fingerprint density at radius 1 is 1.21 bits per heavy atom. The Labute approximate surface area is 225 Å². The molecule has 2 N–H and O–H groups in total. The van der Waals surface area contributed by atoms with E-state index >= 15 is 0 Å². The van der Waals surface area contributed by atoms with Gasteiger partial charge in [-0.1, -0.05) is 25.1 Å². The summed E-state index contributed by atoms with van der Waals surface area (Å²) in [7, 11) is 0. The molecule has 1 aliphatic carbocycles. The van der Waals surface area contributed by atoms with Crippen LogP contribution in [-0.4, -0.2) is 33.9 Å². The lowest BCUT2D eigenvalue weighted by Gasteiger charge is -2.13. The van der Waals surface area contributed by atoms with Crippen molar-refractivity contribution in [3.63, 3.8) is 0 Å². The van der Waals surface area contributed by atoms with Crippen molar-refractivity contribution in [2.45, 2.75) is 52.9 Å². The molecular formula is C29H29N5O3S. The number of para-hydroxylation sites is 1. The number of aryl methyl sites for hydroxylation is 3. The predicted octanol–water partition coefficient (Wildman–Crippen LogP) is 5.00. The highest BCUT2D eigenvalue weighted by atomic mass is 32.1. The van der Waals surface area contributed by atoms with Crippen molar-refractivity contribution in [1.29, 1.82) is 5.26 Å². The number of fused-ring (bicyclic) bond motifs is 1. The van der Waals surface area contributed by atoms with Gasteiger partial charge in [-0.2, -0.15) is 5.26 Å². The summed E-state index contributed by atoms with van der Waals surface area (Å²) in [5, 5.41) is 16.3. The van der Waals surface area contributed by atoms with E-state index in [1.165, 1.54) is 10.4 Å².